The van der Waals surface area contributed by atoms with E-state index in [-0.39, 0.29) is 32.7 Å². The lowest BCUT2D eigenvalue weighted by atomic mass is 10.1. The lowest BCUT2D eigenvalue weighted by Crippen LogP contribution is -2.19. The molecule has 34 heavy (non-hydrogen) atoms. The van der Waals surface area contributed by atoms with Crippen LogP contribution in [0.15, 0.2) is 85.1 Å². The molecule has 0 saturated carbocycles. The number of carbonyl (C=O) groups excluding carboxylic acids is 1. The molecule has 0 spiro atoms. The summed E-state index contributed by atoms with van der Waals surface area (Å²) in [6, 6.07) is 24.8. The number of aromatic nitrogens is 2. The summed E-state index contributed by atoms with van der Waals surface area (Å²) in [6.45, 7) is 0.588. The molecule has 2 aromatic carbocycles. The summed E-state index contributed by atoms with van der Waals surface area (Å²) in [4.78, 5) is 21.5. The van der Waals surface area contributed by atoms with Gasteiger partial charge in [0.2, 0.25) is 0 Å². The average molecular weight is 570 g/mol. The van der Waals surface area contributed by atoms with E-state index < -0.39 is 0 Å². The highest BCUT2D eigenvalue weighted by Crippen LogP contribution is 2.27. The Morgan fingerprint density at radius 1 is 0.971 bits per heavy atom. The van der Waals surface area contributed by atoms with E-state index in [1.165, 1.54) is 5.56 Å². The standard InChI is InChI=1S/C25H22N6O2.HI.2H2/c32-25(23-16-18(12-14-26-23)21-10-11-22-24(28-21)30-31-29-22)27-19-6-8-20(9-7-19)33-15-13-17-4-2-1-3-5-17;;;/h1-12,14,16,29,31H,13,15H2,(H,27,32)(H,28,30);3*1H. The number of hydrazine groups is 2. The maximum absolute atomic E-state index is 12.7. The zero-order valence-corrected chi connectivity index (χ0v) is 20.4. The van der Waals surface area contributed by atoms with Gasteiger partial charge < -0.3 is 15.5 Å². The molecule has 0 unspecified atom stereocenters. The van der Waals surface area contributed by atoms with Gasteiger partial charge in [-0.05, 0) is 54.1 Å². The van der Waals surface area contributed by atoms with Crippen LogP contribution in [0.2, 0.25) is 0 Å². The molecule has 4 N–H and O–H groups in total. The normalized spacial score (nSPS) is 11.4. The van der Waals surface area contributed by atoms with Crippen LogP contribution < -0.4 is 26.4 Å². The Balaban J connectivity index is 0.00000152. The summed E-state index contributed by atoms with van der Waals surface area (Å²) in [6.07, 6.45) is 2.44. The number of hydrogen-bond donors (Lipinski definition) is 4. The fourth-order valence-corrected chi connectivity index (χ4v) is 3.45. The number of benzene rings is 2. The van der Waals surface area contributed by atoms with Crippen molar-refractivity contribution in [3.8, 4) is 17.0 Å². The van der Waals surface area contributed by atoms with E-state index in [1.807, 2.05) is 60.7 Å². The third-order valence-corrected chi connectivity index (χ3v) is 5.18. The van der Waals surface area contributed by atoms with E-state index in [1.54, 1.807) is 12.3 Å². The summed E-state index contributed by atoms with van der Waals surface area (Å²) < 4.78 is 5.80. The molecule has 0 atom stereocenters. The highest BCUT2D eigenvalue weighted by molar-refractivity contribution is 14.0. The maximum atomic E-state index is 12.7. The fourth-order valence-electron chi connectivity index (χ4n) is 3.45. The van der Waals surface area contributed by atoms with Crippen LogP contribution in [0, 0.1) is 0 Å². The number of carbonyl (C=O) groups is 1. The van der Waals surface area contributed by atoms with Gasteiger partial charge in [0.15, 0.2) is 5.82 Å². The van der Waals surface area contributed by atoms with Gasteiger partial charge in [0.25, 0.3) is 5.91 Å². The number of fused-ring (bicyclic) bond motifs is 1. The van der Waals surface area contributed by atoms with Crippen molar-refractivity contribution in [3.05, 3.63) is 96.3 Å². The van der Waals surface area contributed by atoms with E-state index in [9.17, 15) is 4.79 Å². The van der Waals surface area contributed by atoms with E-state index in [4.69, 9.17) is 4.74 Å². The first-order valence-electron chi connectivity index (χ1n) is 10.6. The van der Waals surface area contributed by atoms with Crippen molar-refractivity contribution in [2.24, 2.45) is 0 Å². The van der Waals surface area contributed by atoms with Gasteiger partial charge in [-0.25, -0.2) is 4.98 Å². The molecule has 1 aliphatic rings. The number of ether oxygens (including phenoxy) is 1. The fraction of sp³-hybridized carbons (Fsp3) is 0.0800. The molecule has 0 fully saturated rings. The minimum atomic E-state index is -0.294. The Labute approximate surface area is 217 Å². The van der Waals surface area contributed by atoms with Crippen molar-refractivity contribution in [1.82, 2.24) is 15.5 Å². The number of nitrogens with zero attached hydrogens (tertiary/aromatic N) is 2. The second-order valence-electron chi connectivity index (χ2n) is 7.46. The van der Waals surface area contributed by atoms with E-state index in [0.29, 0.717) is 23.8 Å². The molecule has 4 aromatic rings. The van der Waals surface area contributed by atoms with Gasteiger partial charge in [-0.1, -0.05) is 30.3 Å². The van der Waals surface area contributed by atoms with Crippen LogP contribution in [0.25, 0.3) is 11.3 Å². The molecule has 176 valence electrons. The van der Waals surface area contributed by atoms with Crippen LogP contribution in [0.4, 0.5) is 17.2 Å². The number of amides is 1. The van der Waals surface area contributed by atoms with Crippen molar-refractivity contribution >= 4 is 47.1 Å². The maximum Gasteiger partial charge on any atom is 0.274 e. The molecule has 9 heteroatoms. The minimum absolute atomic E-state index is 0. The zero-order chi connectivity index (χ0) is 22.5. The minimum Gasteiger partial charge on any atom is -0.493 e. The average Bonchev–Trinajstić information content (AvgIpc) is 3.34. The molecule has 1 aliphatic heterocycles. The quantitative estimate of drug-likeness (QED) is 0.221. The lowest BCUT2D eigenvalue weighted by molar-refractivity contribution is 0.102. The first-order chi connectivity index (χ1) is 16.2. The van der Waals surface area contributed by atoms with E-state index in [0.717, 1.165) is 29.1 Å². The summed E-state index contributed by atoms with van der Waals surface area (Å²) >= 11 is 0. The number of hydrogen-bond acceptors (Lipinski definition) is 7. The zero-order valence-electron chi connectivity index (χ0n) is 18.1. The van der Waals surface area contributed by atoms with Gasteiger partial charge in [0.05, 0.1) is 18.0 Å². The summed E-state index contributed by atoms with van der Waals surface area (Å²) in [5, 5.41) is 2.88. The number of rotatable bonds is 7. The van der Waals surface area contributed by atoms with Crippen LogP contribution >= 0.6 is 24.0 Å². The van der Waals surface area contributed by atoms with Crippen molar-refractivity contribution < 1.29 is 12.4 Å². The summed E-state index contributed by atoms with van der Waals surface area (Å²) in [5.41, 5.74) is 13.3. The molecule has 0 radical (unpaired) electrons. The Morgan fingerprint density at radius 3 is 2.62 bits per heavy atom. The molecule has 1 amide bonds. The largest absolute Gasteiger partial charge is 0.493 e. The van der Waals surface area contributed by atoms with Gasteiger partial charge in [-0.15, -0.1) is 29.5 Å². The van der Waals surface area contributed by atoms with Crippen LogP contribution in [0.5, 0.6) is 5.75 Å². The lowest BCUT2D eigenvalue weighted by Gasteiger charge is -2.09. The van der Waals surface area contributed by atoms with Crippen molar-refractivity contribution in [1.29, 1.82) is 0 Å². The van der Waals surface area contributed by atoms with Crippen LogP contribution in [0.3, 0.4) is 0 Å². The van der Waals surface area contributed by atoms with Gasteiger partial charge >= 0.3 is 0 Å². The van der Waals surface area contributed by atoms with Gasteiger partial charge in [-0.2, -0.15) is 0 Å². The first kappa shape index (κ1) is 23.5. The molecule has 0 saturated heterocycles. The van der Waals surface area contributed by atoms with E-state index >= 15 is 0 Å². The van der Waals surface area contributed by atoms with Gasteiger partial charge in [0, 0.05) is 26.7 Å². The highest BCUT2D eigenvalue weighted by Gasteiger charge is 2.14. The topological polar surface area (TPSA) is 100 Å². The third-order valence-electron chi connectivity index (χ3n) is 5.18. The molecule has 3 heterocycles. The molecule has 0 bridgehead atoms. The van der Waals surface area contributed by atoms with Gasteiger partial charge in [-0.3, -0.25) is 15.2 Å². The molecule has 8 nitrogen and oxygen atoms in total. The third kappa shape index (κ3) is 5.61. The predicted molar refractivity (Wildman–Crippen MR) is 148 cm³/mol. The second-order valence-corrected chi connectivity index (χ2v) is 7.46. The summed E-state index contributed by atoms with van der Waals surface area (Å²) in [5.74, 6) is 1.16. The van der Waals surface area contributed by atoms with Crippen LogP contribution in [0.1, 0.15) is 18.9 Å². The molecule has 0 aliphatic carbocycles. The van der Waals surface area contributed by atoms with Crippen LogP contribution in [-0.4, -0.2) is 22.5 Å². The monoisotopic (exact) mass is 570 g/mol. The SMILES string of the molecule is I.O=C(Nc1ccc(OCCc2ccccc2)cc1)c1cc(-c2ccc3c(n2)NNN3)ccn1.[HH].[HH]. The molecular formula is C25H27IN6O2. The smallest absolute Gasteiger partial charge is 0.274 e. The van der Waals surface area contributed by atoms with Crippen LogP contribution in [-0.2, 0) is 6.42 Å². The predicted octanol–water partition coefficient (Wildman–Crippen LogP) is 5.38. The molecular weight excluding hydrogens is 543 g/mol. The Morgan fingerprint density at radius 2 is 1.79 bits per heavy atom. The second kappa shape index (κ2) is 10.9. The van der Waals surface area contributed by atoms with Crippen molar-refractivity contribution in [2.45, 2.75) is 6.42 Å². The Hall–Kier alpha value is -3.70. The molecule has 2 aromatic heterocycles. The van der Waals surface area contributed by atoms with Crippen molar-refractivity contribution in [3.63, 3.8) is 0 Å². The number of nitrogens with one attached hydrogen (secondary N) is 4. The highest BCUT2D eigenvalue weighted by atomic mass is 127. The van der Waals surface area contributed by atoms with E-state index in [2.05, 4.69) is 43.8 Å². The Bertz CT molecular complexity index is 1280. The number of anilines is 3. The van der Waals surface area contributed by atoms with Gasteiger partial charge in [0.1, 0.15) is 11.4 Å². The Kier molecular flexibility index (Phi) is 7.55. The number of pyridine rings is 2. The first-order valence-corrected chi connectivity index (χ1v) is 10.6. The molecule has 5 rings (SSSR count). The van der Waals surface area contributed by atoms with Crippen molar-refractivity contribution in [2.75, 3.05) is 22.8 Å². The summed E-state index contributed by atoms with van der Waals surface area (Å²) in [7, 11) is 0. The number of halogens is 1.